The van der Waals surface area contributed by atoms with Crippen LogP contribution < -0.4 is 0 Å². The monoisotopic (exact) mass is 318 g/mol. The molecule has 1 aromatic heterocycles. The fraction of sp³-hybridized carbons (Fsp3) is 0.619. The van der Waals surface area contributed by atoms with Crippen LogP contribution in [0.5, 0.6) is 0 Å². The molecule has 0 atom stereocenters. The van der Waals surface area contributed by atoms with Gasteiger partial charge in [-0.25, -0.2) is 0 Å². The third-order valence-electron chi connectivity index (χ3n) is 3.95. The van der Waals surface area contributed by atoms with Crippen LogP contribution in [-0.2, 0) is 6.42 Å². The summed E-state index contributed by atoms with van der Waals surface area (Å²) in [7, 11) is 0. The van der Waals surface area contributed by atoms with Gasteiger partial charge in [-0.3, -0.25) is 0 Å². The topological polar surface area (TPSA) is 0 Å². The molecule has 0 unspecified atom stereocenters. The first-order valence-corrected chi connectivity index (χ1v) is 10.1. The van der Waals surface area contributed by atoms with E-state index in [1.807, 2.05) is 11.3 Å². The summed E-state index contributed by atoms with van der Waals surface area (Å²) in [6.07, 6.45) is 25.2. The molecular formula is C21H34S. The zero-order valence-corrected chi connectivity index (χ0v) is 15.3. The van der Waals surface area contributed by atoms with Crippen molar-refractivity contribution in [3.8, 4) is 0 Å². The van der Waals surface area contributed by atoms with Crippen LogP contribution >= 0.6 is 11.3 Å². The molecule has 0 aliphatic heterocycles. The molecule has 0 aliphatic carbocycles. The van der Waals surface area contributed by atoms with Gasteiger partial charge in [0, 0.05) is 4.88 Å². The van der Waals surface area contributed by atoms with Gasteiger partial charge in [-0.2, -0.15) is 0 Å². The Kier molecular flexibility index (Phi) is 13.2. The van der Waals surface area contributed by atoms with E-state index in [2.05, 4.69) is 48.7 Å². The Morgan fingerprint density at radius 1 is 0.818 bits per heavy atom. The van der Waals surface area contributed by atoms with Crippen LogP contribution in [0.15, 0.2) is 41.8 Å². The van der Waals surface area contributed by atoms with E-state index in [0.717, 1.165) is 6.42 Å². The Morgan fingerprint density at radius 3 is 2.18 bits per heavy atom. The maximum absolute atomic E-state index is 2.36. The van der Waals surface area contributed by atoms with Crippen LogP contribution in [-0.4, -0.2) is 0 Å². The highest BCUT2D eigenvalue weighted by molar-refractivity contribution is 7.09. The molecule has 0 aromatic carbocycles. The summed E-state index contributed by atoms with van der Waals surface area (Å²) in [5.74, 6) is 0. The van der Waals surface area contributed by atoms with E-state index in [0.29, 0.717) is 0 Å². The number of thiophene rings is 1. The lowest BCUT2D eigenvalue weighted by atomic mass is 10.1. The second-order valence-corrected chi connectivity index (χ2v) is 7.09. The molecule has 22 heavy (non-hydrogen) atoms. The van der Waals surface area contributed by atoms with E-state index >= 15 is 0 Å². The number of unbranched alkanes of at least 4 members (excludes halogenated alkanes) is 8. The molecule has 0 fully saturated rings. The molecule has 0 aliphatic rings. The highest BCUT2D eigenvalue weighted by Gasteiger charge is 1.94. The van der Waals surface area contributed by atoms with Gasteiger partial charge in [0.25, 0.3) is 0 Å². The van der Waals surface area contributed by atoms with Crippen molar-refractivity contribution >= 4 is 11.3 Å². The lowest BCUT2D eigenvalue weighted by Crippen LogP contribution is -1.82. The van der Waals surface area contributed by atoms with E-state index < -0.39 is 0 Å². The second kappa shape index (κ2) is 15.1. The number of allylic oxidation sites excluding steroid dienone is 4. The molecular weight excluding hydrogens is 284 g/mol. The summed E-state index contributed by atoms with van der Waals surface area (Å²) in [6.45, 7) is 2.26. The zero-order chi connectivity index (χ0) is 15.7. The van der Waals surface area contributed by atoms with Gasteiger partial charge in [-0.05, 0) is 56.4 Å². The van der Waals surface area contributed by atoms with E-state index in [-0.39, 0.29) is 0 Å². The van der Waals surface area contributed by atoms with E-state index in [1.54, 1.807) is 4.88 Å². The van der Waals surface area contributed by atoms with Crippen molar-refractivity contribution < 1.29 is 0 Å². The van der Waals surface area contributed by atoms with Crippen LogP contribution in [0.1, 0.15) is 82.4 Å². The Labute approximate surface area is 142 Å². The minimum atomic E-state index is 1.12. The lowest BCUT2D eigenvalue weighted by molar-refractivity contribution is 0.619. The average Bonchev–Trinajstić information content (AvgIpc) is 3.04. The van der Waals surface area contributed by atoms with Gasteiger partial charge < -0.3 is 0 Å². The molecule has 0 saturated carbocycles. The Balaban J connectivity index is 1.79. The maximum Gasteiger partial charge on any atom is 0.00452 e. The maximum atomic E-state index is 2.36. The van der Waals surface area contributed by atoms with Gasteiger partial charge in [0.1, 0.15) is 0 Å². The van der Waals surface area contributed by atoms with Gasteiger partial charge in [0.05, 0.1) is 0 Å². The predicted octanol–water partition coefficient (Wildman–Crippen LogP) is 7.71. The van der Waals surface area contributed by atoms with Crippen LogP contribution in [0.4, 0.5) is 0 Å². The Hall–Kier alpha value is -0.820. The summed E-state index contributed by atoms with van der Waals surface area (Å²) >= 11 is 1.89. The van der Waals surface area contributed by atoms with Crippen molar-refractivity contribution in [1.29, 1.82) is 0 Å². The molecule has 0 radical (unpaired) electrons. The normalized spacial score (nSPS) is 11.9. The molecule has 1 aromatic rings. The summed E-state index contributed by atoms with van der Waals surface area (Å²) in [5, 5.41) is 2.18. The highest BCUT2D eigenvalue weighted by atomic mass is 32.1. The summed E-state index contributed by atoms with van der Waals surface area (Å²) in [4.78, 5) is 1.55. The fourth-order valence-corrected chi connectivity index (χ4v) is 3.32. The van der Waals surface area contributed by atoms with E-state index in [1.165, 1.54) is 70.6 Å². The van der Waals surface area contributed by atoms with Crippen LogP contribution in [0.2, 0.25) is 0 Å². The number of hydrogen-bond acceptors (Lipinski definition) is 1. The quantitative estimate of drug-likeness (QED) is 0.243. The molecule has 1 heterocycles. The zero-order valence-electron chi connectivity index (χ0n) is 14.4. The first-order chi connectivity index (χ1) is 10.9. The minimum absolute atomic E-state index is 1.12. The van der Waals surface area contributed by atoms with Crippen LogP contribution in [0.25, 0.3) is 0 Å². The van der Waals surface area contributed by atoms with Crippen molar-refractivity contribution in [3.63, 3.8) is 0 Å². The Bertz CT molecular complexity index is 373. The molecule has 0 spiro atoms. The van der Waals surface area contributed by atoms with Crippen molar-refractivity contribution in [3.05, 3.63) is 46.7 Å². The summed E-state index contributed by atoms with van der Waals surface area (Å²) in [6, 6.07) is 4.42. The molecule has 1 rings (SSSR count). The predicted molar refractivity (Wildman–Crippen MR) is 103 cm³/mol. The van der Waals surface area contributed by atoms with Crippen molar-refractivity contribution in [1.82, 2.24) is 0 Å². The SMILES string of the molecule is CCCCC/C=C\C/C=C\CCCCCCCc1cccs1. The number of aryl methyl sites for hydroxylation is 1. The van der Waals surface area contributed by atoms with Crippen LogP contribution in [0, 0.1) is 0 Å². The van der Waals surface area contributed by atoms with Crippen molar-refractivity contribution in [2.45, 2.75) is 84.0 Å². The van der Waals surface area contributed by atoms with Gasteiger partial charge in [0.15, 0.2) is 0 Å². The number of rotatable bonds is 14. The first kappa shape index (κ1) is 19.2. The van der Waals surface area contributed by atoms with Gasteiger partial charge >= 0.3 is 0 Å². The van der Waals surface area contributed by atoms with E-state index in [4.69, 9.17) is 0 Å². The molecule has 0 saturated heterocycles. The third kappa shape index (κ3) is 11.8. The van der Waals surface area contributed by atoms with E-state index in [9.17, 15) is 0 Å². The second-order valence-electron chi connectivity index (χ2n) is 6.06. The van der Waals surface area contributed by atoms with Gasteiger partial charge in [-0.1, -0.05) is 69.4 Å². The first-order valence-electron chi connectivity index (χ1n) is 9.26. The van der Waals surface area contributed by atoms with Crippen LogP contribution in [0.3, 0.4) is 0 Å². The summed E-state index contributed by atoms with van der Waals surface area (Å²) < 4.78 is 0. The standard InChI is InChI=1S/C21H34S/c1-2-3-4-5-6-7-8-9-10-11-12-13-14-15-16-18-21-19-17-20-22-21/h6-7,9-10,17,19-20H,2-5,8,11-16,18H2,1H3/b7-6-,10-9-. The Morgan fingerprint density at radius 2 is 1.50 bits per heavy atom. The molecule has 1 heteroatoms. The minimum Gasteiger partial charge on any atom is -0.149 e. The molecule has 0 bridgehead atoms. The van der Waals surface area contributed by atoms with Crippen molar-refractivity contribution in [2.75, 3.05) is 0 Å². The number of hydrogen-bond donors (Lipinski definition) is 0. The molecule has 0 N–H and O–H groups in total. The van der Waals surface area contributed by atoms with Crippen molar-refractivity contribution in [2.24, 2.45) is 0 Å². The molecule has 0 nitrogen and oxygen atoms in total. The largest absolute Gasteiger partial charge is 0.149 e. The van der Waals surface area contributed by atoms with Gasteiger partial charge in [0.2, 0.25) is 0 Å². The highest BCUT2D eigenvalue weighted by Crippen LogP contribution is 2.14. The summed E-state index contributed by atoms with van der Waals surface area (Å²) in [5.41, 5.74) is 0. The smallest absolute Gasteiger partial charge is 0.00452 e. The molecule has 0 amide bonds. The average molecular weight is 319 g/mol. The fourth-order valence-electron chi connectivity index (χ4n) is 2.57. The van der Waals surface area contributed by atoms with Gasteiger partial charge in [-0.15, -0.1) is 11.3 Å². The lowest BCUT2D eigenvalue weighted by Gasteiger charge is -1.99. The molecule has 124 valence electrons. The third-order valence-corrected chi connectivity index (χ3v) is 4.89.